The van der Waals surface area contributed by atoms with Crippen LogP contribution in [0, 0.1) is 6.92 Å². The molecule has 1 aliphatic heterocycles. The van der Waals surface area contributed by atoms with E-state index in [4.69, 9.17) is 11.6 Å². The zero-order valence-electron chi connectivity index (χ0n) is 11.9. The van der Waals surface area contributed by atoms with E-state index in [1.165, 1.54) is 11.8 Å². The molecule has 0 unspecified atom stereocenters. The molecule has 0 aromatic heterocycles. The van der Waals surface area contributed by atoms with Crippen LogP contribution in [-0.4, -0.2) is 36.3 Å². The SMILES string of the molecule is CC(=O)N(CC(=O)N1CCCC1)c1cccc(Cl)c1C. The van der Waals surface area contributed by atoms with Crippen molar-refractivity contribution in [2.75, 3.05) is 24.5 Å². The molecular weight excluding hydrogens is 276 g/mol. The molecule has 5 heteroatoms. The molecule has 0 N–H and O–H groups in total. The molecule has 0 bridgehead atoms. The molecule has 0 radical (unpaired) electrons. The van der Waals surface area contributed by atoms with E-state index in [1.807, 2.05) is 17.9 Å². The lowest BCUT2D eigenvalue weighted by atomic mass is 10.1. The first-order valence-electron chi connectivity index (χ1n) is 6.81. The Kier molecular flexibility index (Phi) is 4.65. The van der Waals surface area contributed by atoms with Crippen LogP contribution in [0.5, 0.6) is 0 Å². The van der Waals surface area contributed by atoms with Gasteiger partial charge in [-0.05, 0) is 37.5 Å². The van der Waals surface area contributed by atoms with E-state index >= 15 is 0 Å². The van der Waals surface area contributed by atoms with Gasteiger partial charge < -0.3 is 9.80 Å². The number of carbonyl (C=O) groups excluding carboxylic acids is 2. The van der Waals surface area contributed by atoms with Crippen molar-refractivity contribution in [1.29, 1.82) is 0 Å². The molecule has 0 aliphatic carbocycles. The van der Waals surface area contributed by atoms with Gasteiger partial charge in [-0.1, -0.05) is 17.7 Å². The Bertz CT molecular complexity index is 525. The summed E-state index contributed by atoms with van der Waals surface area (Å²) in [6.45, 7) is 4.99. The normalized spacial score (nSPS) is 14.4. The van der Waals surface area contributed by atoms with Crippen LogP contribution >= 0.6 is 11.6 Å². The number of hydrogen-bond donors (Lipinski definition) is 0. The van der Waals surface area contributed by atoms with Gasteiger partial charge in [0, 0.05) is 30.7 Å². The van der Waals surface area contributed by atoms with Crippen LogP contribution in [-0.2, 0) is 9.59 Å². The lowest BCUT2D eigenvalue weighted by molar-refractivity contribution is -0.130. The van der Waals surface area contributed by atoms with Crippen molar-refractivity contribution in [3.8, 4) is 0 Å². The van der Waals surface area contributed by atoms with Crippen LogP contribution in [0.15, 0.2) is 18.2 Å². The van der Waals surface area contributed by atoms with Crippen molar-refractivity contribution in [1.82, 2.24) is 4.90 Å². The summed E-state index contributed by atoms with van der Waals surface area (Å²) in [4.78, 5) is 27.4. The third kappa shape index (κ3) is 3.12. The van der Waals surface area contributed by atoms with Crippen LogP contribution < -0.4 is 4.90 Å². The van der Waals surface area contributed by atoms with Gasteiger partial charge in [0.25, 0.3) is 0 Å². The minimum absolute atomic E-state index is 0.00271. The summed E-state index contributed by atoms with van der Waals surface area (Å²) < 4.78 is 0. The molecule has 1 aromatic carbocycles. The van der Waals surface area contributed by atoms with Crippen LogP contribution in [0.2, 0.25) is 5.02 Å². The van der Waals surface area contributed by atoms with E-state index in [1.54, 1.807) is 12.1 Å². The fourth-order valence-electron chi connectivity index (χ4n) is 2.46. The van der Waals surface area contributed by atoms with Crippen molar-refractivity contribution in [3.05, 3.63) is 28.8 Å². The predicted octanol–water partition coefficient (Wildman–Crippen LogP) is 2.62. The predicted molar refractivity (Wildman–Crippen MR) is 80.0 cm³/mol. The summed E-state index contributed by atoms with van der Waals surface area (Å²) >= 11 is 6.09. The Morgan fingerprint density at radius 2 is 1.95 bits per heavy atom. The van der Waals surface area contributed by atoms with Crippen LogP contribution in [0.1, 0.15) is 25.3 Å². The molecule has 1 aromatic rings. The van der Waals surface area contributed by atoms with Gasteiger partial charge in [-0.3, -0.25) is 9.59 Å². The first kappa shape index (κ1) is 14.9. The summed E-state index contributed by atoms with van der Waals surface area (Å²) in [5.41, 5.74) is 1.52. The Balaban J connectivity index is 2.21. The Morgan fingerprint density at radius 1 is 1.30 bits per heavy atom. The molecule has 4 nitrogen and oxygen atoms in total. The van der Waals surface area contributed by atoms with Crippen molar-refractivity contribution < 1.29 is 9.59 Å². The average molecular weight is 295 g/mol. The summed E-state index contributed by atoms with van der Waals surface area (Å²) in [5, 5.41) is 0.599. The summed E-state index contributed by atoms with van der Waals surface area (Å²) in [5.74, 6) is -0.153. The minimum atomic E-state index is -0.150. The van der Waals surface area contributed by atoms with E-state index in [0.717, 1.165) is 31.5 Å². The molecule has 20 heavy (non-hydrogen) atoms. The second-order valence-corrected chi connectivity index (χ2v) is 5.48. The van der Waals surface area contributed by atoms with Gasteiger partial charge in [0.1, 0.15) is 6.54 Å². The van der Waals surface area contributed by atoms with Crippen molar-refractivity contribution in [3.63, 3.8) is 0 Å². The number of benzene rings is 1. The van der Waals surface area contributed by atoms with Crippen LogP contribution in [0.3, 0.4) is 0 Å². The second-order valence-electron chi connectivity index (χ2n) is 5.08. The van der Waals surface area contributed by atoms with Gasteiger partial charge in [-0.2, -0.15) is 0 Å². The number of carbonyl (C=O) groups is 2. The van der Waals surface area contributed by atoms with E-state index in [9.17, 15) is 9.59 Å². The molecule has 0 atom stereocenters. The number of halogens is 1. The van der Waals surface area contributed by atoms with Gasteiger partial charge in [-0.15, -0.1) is 0 Å². The highest BCUT2D eigenvalue weighted by Gasteiger charge is 2.23. The average Bonchev–Trinajstić information content (AvgIpc) is 2.93. The fraction of sp³-hybridized carbons (Fsp3) is 0.467. The standard InChI is InChI=1S/C15H19ClN2O2/c1-11-13(16)6-5-7-14(11)18(12(2)19)10-15(20)17-8-3-4-9-17/h5-7H,3-4,8-10H2,1-2H3. The molecule has 108 valence electrons. The number of amides is 2. The molecular formula is C15H19ClN2O2. The highest BCUT2D eigenvalue weighted by molar-refractivity contribution is 6.31. The van der Waals surface area contributed by atoms with Crippen LogP contribution in [0.25, 0.3) is 0 Å². The fourth-order valence-corrected chi connectivity index (χ4v) is 2.63. The zero-order chi connectivity index (χ0) is 14.7. The Hall–Kier alpha value is -1.55. The molecule has 1 heterocycles. The molecule has 1 fully saturated rings. The maximum absolute atomic E-state index is 12.2. The zero-order valence-corrected chi connectivity index (χ0v) is 12.6. The highest BCUT2D eigenvalue weighted by atomic mass is 35.5. The summed E-state index contributed by atoms with van der Waals surface area (Å²) in [6, 6.07) is 5.39. The summed E-state index contributed by atoms with van der Waals surface area (Å²) in [6.07, 6.45) is 2.09. The number of likely N-dealkylation sites (tertiary alicyclic amines) is 1. The van der Waals surface area contributed by atoms with Gasteiger partial charge in [0.15, 0.2) is 0 Å². The molecule has 1 saturated heterocycles. The third-order valence-electron chi connectivity index (χ3n) is 3.66. The molecule has 1 aliphatic rings. The summed E-state index contributed by atoms with van der Waals surface area (Å²) in [7, 11) is 0. The lowest BCUT2D eigenvalue weighted by Crippen LogP contribution is -2.41. The lowest BCUT2D eigenvalue weighted by Gasteiger charge is -2.25. The topological polar surface area (TPSA) is 40.6 Å². The van der Waals surface area contributed by atoms with Crippen LogP contribution in [0.4, 0.5) is 5.69 Å². The van der Waals surface area contributed by atoms with Gasteiger partial charge in [-0.25, -0.2) is 0 Å². The molecule has 2 rings (SSSR count). The van der Waals surface area contributed by atoms with E-state index in [0.29, 0.717) is 10.7 Å². The van der Waals surface area contributed by atoms with Gasteiger partial charge >= 0.3 is 0 Å². The molecule has 0 spiro atoms. The first-order chi connectivity index (χ1) is 9.50. The molecule has 0 saturated carbocycles. The van der Waals surface area contributed by atoms with E-state index < -0.39 is 0 Å². The number of hydrogen-bond acceptors (Lipinski definition) is 2. The second kappa shape index (κ2) is 6.27. The van der Waals surface area contributed by atoms with Gasteiger partial charge in [0.05, 0.1) is 0 Å². The number of rotatable bonds is 3. The Morgan fingerprint density at radius 3 is 2.55 bits per heavy atom. The molecule has 2 amide bonds. The number of anilines is 1. The van der Waals surface area contributed by atoms with Gasteiger partial charge in [0.2, 0.25) is 11.8 Å². The number of nitrogens with zero attached hydrogens (tertiary/aromatic N) is 2. The maximum Gasteiger partial charge on any atom is 0.242 e. The maximum atomic E-state index is 12.2. The van der Waals surface area contributed by atoms with E-state index in [2.05, 4.69) is 0 Å². The quantitative estimate of drug-likeness (QED) is 0.860. The van der Waals surface area contributed by atoms with E-state index in [-0.39, 0.29) is 18.4 Å². The first-order valence-corrected chi connectivity index (χ1v) is 7.19. The van der Waals surface area contributed by atoms with Crippen molar-refractivity contribution in [2.45, 2.75) is 26.7 Å². The van der Waals surface area contributed by atoms with Crippen molar-refractivity contribution >= 4 is 29.1 Å². The largest absolute Gasteiger partial charge is 0.341 e. The minimum Gasteiger partial charge on any atom is -0.341 e. The van der Waals surface area contributed by atoms with Crippen molar-refractivity contribution in [2.24, 2.45) is 0 Å². The Labute approximate surface area is 124 Å². The monoisotopic (exact) mass is 294 g/mol. The smallest absolute Gasteiger partial charge is 0.242 e. The highest BCUT2D eigenvalue weighted by Crippen LogP contribution is 2.26. The third-order valence-corrected chi connectivity index (χ3v) is 4.07.